The first-order chi connectivity index (χ1) is 9.15. The van der Waals surface area contributed by atoms with Crippen molar-refractivity contribution in [3.05, 3.63) is 27.6 Å². The number of nitrogens with zero attached hydrogens (tertiary/aromatic N) is 2. The van der Waals surface area contributed by atoms with E-state index in [1.54, 1.807) is 7.05 Å². The lowest BCUT2D eigenvalue weighted by Gasteiger charge is -2.07. The molecule has 1 N–H and O–H groups in total. The number of imidazole rings is 1. The molecule has 0 saturated heterocycles. The fourth-order valence-electron chi connectivity index (χ4n) is 2.02. The lowest BCUT2D eigenvalue weighted by atomic mass is 10.3. The summed E-state index contributed by atoms with van der Waals surface area (Å²) in [5.41, 5.74) is 2.02. The number of hydrogen-bond acceptors (Lipinski definition) is 2. The maximum atomic E-state index is 11.4. The van der Waals surface area contributed by atoms with Gasteiger partial charge in [0.2, 0.25) is 5.91 Å². The summed E-state index contributed by atoms with van der Waals surface area (Å²) in [5.74, 6) is 1.50. The van der Waals surface area contributed by atoms with E-state index in [1.807, 2.05) is 18.2 Å². The molecule has 1 heterocycles. The van der Waals surface area contributed by atoms with E-state index in [4.69, 9.17) is 11.6 Å². The van der Waals surface area contributed by atoms with Crippen LogP contribution in [-0.2, 0) is 17.8 Å². The average Bonchev–Trinajstić information content (AvgIpc) is 2.73. The molecule has 1 aromatic carbocycles. The zero-order chi connectivity index (χ0) is 13.8. The van der Waals surface area contributed by atoms with Crippen molar-refractivity contribution in [2.75, 3.05) is 12.9 Å². The number of nitrogens with one attached hydrogen (secondary N) is 1. The maximum absolute atomic E-state index is 11.4. The molecule has 0 atom stereocenters. The second-order valence-corrected chi connectivity index (χ2v) is 5.80. The molecular weight excluding hydrogens is 377 g/mol. The molecule has 0 aliphatic heterocycles. The Morgan fingerprint density at radius 2 is 2.32 bits per heavy atom. The zero-order valence-corrected chi connectivity index (χ0v) is 13.5. The van der Waals surface area contributed by atoms with Gasteiger partial charge in [0.1, 0.15) is 5.82 Å². The predicted molar refractivity (Wildman–Crippen MR) is 85.6 cm³/mol. The van der Waals surface area contributed by atoms with E-state index in [0.29, 0.717) is 25.3 Å². The lowest BCUT2D eigenvalue weighted by molar-refractivity contribution is -0.120. The van der Waals surface area contributed by atoms with E-state index in [-0.39, 0.29) is 5.91 Å². The number of carbonyl (C=O) groups is 1. The largest absolute Gasteiger partial charge is 0.359 e. The fraction of sp³-hybridized carbons (Fsp3) is 0.385. The molecule has 0 aliphatic rings. The zero-order valence-electron chi connectivity index (χ0n) is 10.6. The minimum absolute atomic E-state index is 0.0317. The van der Waals surface area contributed by atoms with Gasteiger partial charge in [-0.1, -0.05) is 0 Å². The first kappa shape index (κ1) is 14.6. The Morgan fingerprint density at radius 3 is 3.00 bits per heavy atom. The molecule has 0 spiro atoms. The van der Waals surface area contributed by atoms with Crippen molar-refractivity contribution in [1.29, 1.82) is 0 Å². The van der Waals surface area contributed by atoms with Crippen LogP contribution >= 0.6 is 34.2 Å². The van der Waals surface area contributed by atoms with Gasteiger partial charge in [0.05, 0.1) is 11.0 Å². The highest BCUT2D eigenvalue weighted by atomic mass is 127. The third-order valence-electron chi connectivity index (χ3n) is 2.95. The van der Waals surface area contributed by atoms with Crippen LogP contribution in [0.2, 0.25) is 0 Å². The quantitative estimate of drug-likeness (QED) is 0.629. The number of fused-ring (bicyclic) bond motifs is 1. The Balaban J connectivity index is 2.37. The van der Waals surface area contributed by atoms with Gasteiger partial charge in [0.25, 0.3) is 0 Å². The van der Waals surface area contributed by atoms with E-state index >= 15 is 0 Å². The van der Waals surface area contributed by atoms with Crippen LogP contribution in [0.3, 0.4) is 0 Å². The predicted octanol–water partition coefficient (Wildman–Crippen LogP) is 2.56. The number of halogens is 2. The molecule has 0 unspecified atom stereocenters. The van der Waals surface area contributed by atoms with Crippen LogP contribution in [0.1, 0.15) is 12.2 Å². The molecule has 1 aromatic heterocycles. The number of amides is 1. The topological polar surface area (TPSA) is 46.9 Å². The van der Waals surface area contributed by atoms with Gasteiger partial charge in [-0.25, -0.2) is 4.98 Å². The van der Waals surface area contributed by atoms with Gasteiger partial charge < -0.3 is 9.88 Å². The normalized spacial score (nSPS) is 10.9. The summed E-state index contributed by atoms with van der Waals surface area (Å²) in [7, 11) is 1.65. The van der Waals surface area contributed by atoms with Crippen molar-refractivity contribution in [3.8, 4) is 0 Å². The van der Waals surface area contributed by atoms with Crippen LogP contribution in [0.15, 0.2) is 18.2 Å². The first-order valence-corrected chi connectivity index (χ1v) is 7.68. The number of aryl methyl sites for hydroxylation is 2. The molecule has 0 fully saturated rings. The van der Waals surface area contributed by atoms with Crippen molar-refractivity contribution in [2.24, 2.45) is 0 Å². The number of aromatic nitrogens is 2. The second kappa shape index (κ2) is 6.56. The molecule has 19 heavy (non-hydrogen) atoms. The summed E-state index contributed by atoms with van der Waals surface area (Å²) in [5, 5.41) is 2.64. The van der Waals surface area contributed by atoms with Crippen LogP contribution in [0.4, 0.5) is 0 Å². The first-order valence-electron chi connectivity index (χ1n) is 6.07. The Hall–Kier alpha value is -0.820. The molecule has 0 aliphatic carbocycles. The Kier molecular flexibility index (Phi) is 5.04. The third-order valence-corrected chi connectivity index (χ3v) is 3.81. The lowest BCUT2D eigenvalue weighted by Crippen LogP contribution is -2.20. The number of hydrogen-bond donors (Lipinski definition) is 1. The summed E-state index contributed by atoms with van der Waals surface area (Å²) in [6, 6.07) is 6.14. The minimum atomic E-state index is 0.0317. The minimum Gasteiger partial charge on any atom is -0.359 e. The number of carbonyl (C=O) groups excluding carboxylic acids is 1. The number of benzene rings is 1. The number of rotatable bonds is 5. The average molecular weight is 392 g/mol. The van der Waals surface area contributed by atoms with E-state index in [9.17, 15) is 4.79 Å². The van der Waals surface area contributed by atoms with Crippen molar-refractivity contribution >= 4 is 51.1 Å². The Labute approximate surface area is 130 Å². The van der Waals surface area contributed by atoms with E-state index in [1.165, 1.54) is 0 Å². The van der Waals surface area contributed by atoms with Crippen molar-refractivity contribution in [3.63, 3.8) is 0 Å². The second-order valence-electron chi connectivity index (χ2n) is 4.17. The van der Waals surface area contributed by atoms with Gasteiger partial charge in [-0.15, -0.1) is 11.6 Å². The summed E-state index contributed by atoms with van der Waals surface area (Å²) >= 11 is 8.09. The van der Waals surface area contributed by atoms with Crippen LogP contribution in [-0.4, -0.2) is 28.4 Å². The van der Waals surface area contributed by atoms with Gasteiger partial charge >= 0.3 is 0 Å². The van der Waals surface area contributed by atoms with Crippen LogP contribution < -0.4 is 5.32 Å². The fourth-order valence-corrected chi connectivity index (χ4v) is 2.66. The van der Waals surface area contributed by atoms with E-state index in [0.717, 1.165) is 20.4 Å². The number of alkyl halides is 1. The molecular formula is C13H15ClIN3O. The van der Waals surface area contributed by atoms with E-state index in [2.05, 4.69) is 37.5 Å². The van der Waals surface area contributed by atoms with Gasteiger partial charge in [-0.3, -0.25) is 4.79 Å². The highest BCUT2D eigenvalue weighted by Gasteiger charge is 2.11. The van der Waals surface area contributed by atoms with Crippen LogP contribution in [0, 0.1) is 3.57 Å². The summed E-state index contributed by atoms with van der Waals surface area (Å²) in [6.45, 7) is 0.628. The van der Waals surface area contributed by atoms with Crippen LogP contribution in [0.5, 0.6) is 0 Å². The SMILES string of the molecule is CNC(=O)CCn1c(CCCl)nc2cc(I)ccc21. The molecule has 1 amide bonds. The molecule has 2 aromatic rings. The molecule has 0 radical (unpaired) electrons. The van der Waals surface area contributed by atoms with Gasteiger partial charge in [-0.05, 0) is 40.8 Å². The van der Waals surface area contributed by atoms with Crippen LogP contribution in [0.25, 0.3) is 11.0 Å². The smallest absolute Gasteiger partial charge is 0.221 e. The molecule has 102 valence electrons. The van der Waals surface area contributed by atoms with Gasteiger partial charge in [0.15, 0.2) is 0 Å². The molecule has 0 bridgehead atoms. The van der Waals surface area contributed by atoms with Crippen molar-refractivity contribution in [1.82, 2.24) is 14.9 Å². The standard InChI is InChI=1S/C13H15ClIN3O/c1-16-13(19)5-7-18-11-3-2-9(15)8-10(11)17-12(18)4-6-14/h2-3,8H,4-7H2,1H3,(H,16,19). The Bertz CT molecular complexity index is 597. The summed E-state index contributed by atoms with van der Waals surface area (Å²) < 4.78 is 3.24. The third kappa shape index (κ3) is 3.39. The summed E-state index contributed by atoms with van der Waals surface area (Å²) in [6.07, 6.45) is 1.16. The highest BCUT2D eigenvalue weighted by Crippen LogP contribution is 2.20. The molecule has 4 nitrogen and oxygen atoms in total. The highest BCUT2D eigenvalue weighted by molar-refractivity contribution is 14.1. The molecule has 0 saturated carbocycles. The maximum Gasteiger partial charge on any atom is 0.221 e. The van der Waals surface area contributed by atoms with Gasteiger partial charge in [0, 0.05) is 35.9 Å². The summed E-state index contributed by atoms with van der Waals surface area (Å²) in [4.78, 5) is 16.0. The monoisotopic (exact) mass is 391 g/mol. The Morgan fingerprint density at radius 1 is 1.53 bits per heavy atom. The molecule has 6 heteroatoms. The van der Waals surface area contributed by atoms with E-state index < -0.39 is 0 Å². The van der Waals surface area contributed by atoms with Gasteiger partial charge in [-0.2, -0.15) is 0 Å². The van der Waals surface area contributed by atoms with Crippen molar-refractivity contribution in [2.45, 2.75) is 19.4 Å². The van der Waals surface area contributed by atoms with Crippen molar-refractivity contribution < 1.29 is 4.79 Å². The molecule has 2 rings (SSSR count).